The second kappa shape index (κ2) is 14.9. The van der Waals surface area contributed by atoms with Gasteiger partial charge in [0.25, 0.3) is 15.7 Å². The molecular weight excluding hydrogens is 679 g/mol. The number of carbonyl (C=O) groups is 2. The molecule has 248 valence electrons. The third-order valence-corrected chi connectivity index (χ3v) is 9.60. The van der Waals surface area contributed by atoms with Gasteiger partial charge >= 0.3 is 0 Å². The van der Waals surface area contributed by atoms with Crippen LogP contribution in [0, 0.1) is 17.0 Å². The van der Waals surface area contributed by atoms with Gasteiger partial charge in [-0.15, -0.1) is 0 Å². The minimum Gasteiger partial charge on any atom is -0.495 e. The van der Waals surface area contributed by atoms with E-state index in [2.05, 4.69) is 5.32 Å². The van der Waals surface area contributed by atoms with Crippen molar-refractivity contribution in [3.63, 3.8) is 0 Å². The van der Waals surface area contributed by atoms with Gasteiger partial charge in [-0.2, -0.15) is 0 Å². The lowest BCUT2D eigenvalue weighted by molar-refractivity contribution is -0.385. The third-order valence-electron chi connectivity index (χ3n) is 6.87. The summed E-state index contributed by atoms with van der Waals surface area (Å²) in [5.74, 6) is -1.14. The summed E-state index contributed by atoms with van der Waals surface area (Å²) < 4.78 is 34.8. The Hall–Kier alpha value is -3.58. The normalized spacial score (nSPS) is 12.3. The van der Waals surface area contributed by atoms with Crippen LogP contribution in [0.15, 0.2) is 59.5 Å². The number of methoxy groups -OCH3 is 1. The summed E-state index contributed by atoms with van der Waals surface area (Å²) in [4.78, 5) is 39.7. The number of carbonyl (C=O) groups excluding carboxylic acids is 2. The number of hydrogen-bond donors (Lipinski definition) is 1. The molecule has 46 heavy (non-hydrogen) atoms. The quantitative estimate of drug-likeness (QED) is 0.161. The second-order valence-electron chi connectivity index (χ2n) is 11.5. The predicted octanol–water partition coefficient (Wildman–Crippen LogP) is 6.79. The van der Waals surface area contributed by atoms with Crippen LogP contribution in [-0.2, 0) is 26.2 Å². The fourth-order valence-electron chi connectivity index (χ4n) is 4.65. The largest absolute Gasteiger partial charge is 0.495 e. The van der Waals surface area contributed by atoms with Crippen LogP contribution in [0.3, 0.4) is 0 Å². The van der Waals surface area contributed by atoms with E-state index in [1.165, 1.54) is 49.3 Å². The van der Waals surface area contributed by atoms with Gasteiger partial charge in [-0.3, -0.25) is 24.0 Å². The summed E-state index contributed by atoms with van der Waals surface area (Å²) >= 11 is 18.6. The van der Waals surface area contributed by atoms with Gasteiger partial charge in [-0.25, -0.2) is 8.42 Å². The minimum absolute atomic E-state index is 0.0657. The highest BCUT2D eigenvalue weighted by atomic mass is 35.5. The highest BCUT2D eigenvalue weighted by molar-refractivity contribution is 7.92. The number of halogens is 3. The van der Waals surface area contributed by atoms with E-state index in [1.54, 1.807) is 45.9 Å². The van der Waals surface area contributed by atoms with Gasteiger partial charge in [0.15, 0.2) is 0 Å². The number of hydrogen-bond acceptors (Lipinski definition) is 7. The Morgan fingerprint density at radius 2 is 1.70 bits per heavy atom. The number of benzene rings is 3. The zero-order valence-corrected chi connectivity index (χ0v) is 29.2. The Morgan fingerprint density at radius 1 is 1.02 bits per heavy atom. The van der Waals surface area contributed by atoms with Crippen LogP contribution in [0.25, 0.3) is 0 Å². The fourth-order valence-corrected chi connectivity index (χ4v) is 6.58. The third kappa shape index (κ3) is 8.81. The Labute approximate surface area is 283 Å². The summed E-state index contributed by atoms with van der Waals surface area (Å²) in [7, 11) is -3.35. The Balaban J connectivity index is 2.21. The molecule has 11 nitrogen and oxygen atoms in total. The van der Waals surface area contributed by atoms with E-state index in [4.69, 9.17) is 39.5 Å². The number of sulfonamides is 1. The smallest absolute Gasteiger partial charge is 0.273 e. The van der Waals surface area contributed by atoms with Crippen molar-refractivity contribution in [3.8, 4) is 5.75 Å². The number of rotatable bonds is 12. The minimum atomic E-state index is -4.67. The van der Waals surface area contributed by atoms with Crippen LogP contribution >= 0.6 is 34.8 Å². The number of nitro benzene ring substituents is 1. The van der Waals surface area contributed by atoms with Gasteiger partial charge in [-0.1, -0.05) is 53.9 Å². The van der Waals surface area contributed by atoms with Crippen molar-refractivity contribution in [3.05, 3.63) is 90.9 Å². The molecule has 0 saturated carbocycles. The van der Waals surface area contributed by atoms with Crippen molar-refractivity contribution in [2.24, 2.45) is 0 Å². The van der Waals surface area contributed by atoms with Crippen LogP contribution in [0.4, 0.5) is 11.4 Å². The number of anilines is 1. The lowest BCUT2D eigenvalue weighted by Crippen LogP contribution is -2.55. The number of aryl methyl sites for hydroxylation is 1. The van der Waals surface area contributed by atoms with E-state index >= 15 is 0 Å². The average Bonchev–Trinajstić information content (AvgIpc) is 2.96. The summed E-state index contributed by atoms with van der Waals surface area (Å²) in [5, 5.41) is 15.2. The summed E-state index contributed by atoms with van der Waals surface area (Å²) in [6.07, 6.45) is 0.187. The Kier molecular flexibility index (Phi) is 11.9. The standard InChI is InChI=1S/C31H35Cl3N4O7S/c1-7-25(30(40)35-31(3,4)5)36(17-20-9-12-23(33)24(34)14-20)29(39)18-37(27-15-21(32)10-13-28(27)45-6)46(43,44)22-11-8-19(2)26(16-22)38(41)42/h8-16,25H,7,17-18H2,1-6H3,(H,35,40)/t25-/m0/s1. The molecule has 0 radical (unpaired) electrons. The fraction of sp³-hybridized carbons (Fsp3) is 0.355. The molecule has 0 bridgehead atoms. The lowest BCUT2D eigenvalue weighted by Gasteiger charge is -2.35. The molecule has 0 fully saturated rings. The maximum absolute atomic E-state index is 14.3. The number of nitrogens with zero attached hydrogens (tertiary/aromatic N) is 3. The van der Waals surface area contributed by atoms with E-state index in [0.29, 0.717) is 10.6 Å². The number of ether oxygens (including phenoxy) is 1. The Bertz CT molecular complexity index is 1750. The molecular formula is C31H35Cl3N4O7S. The van der Waals surface area contributed by atoms with Crippen molar-refractivity contribution in [1.82, 2.24) is 10.2 Å². The van der Waals surface area contributed by atoms with Crippen molar-refractivity contribution < 1.29 is 27.7 Å². The van der Waals surface area contributed by atoms with Crippen molar-refractivity contribution in [2.75, 3.05) is 18.0 Å². The highest BCUT2D eigenvalue weighted by Crippen LogP contribution is 2.36. The van der Waals surface area contributed by atoms with Gasteiger partial charge < -0.3 is 15.0 Å². The Morgan fingerprint density at radius 3 is 2.26 bits per heavy atom. The molecule has 0 aliphatic carbocycles. The molecule has 0 saturated heterocycles. The molecule has 2 amide bonds. The second-order valence-corrected chi connectivity index (χ2v) is 14.6. The van der Waals surface area contributed by atoms with Crippen LogP contribution in [0.5, 0.6) is 5.75 Å². The summed E-state index contributed by atoms with van der Waals surface area (Å²) in [5.41, 5.74) is -0.360. The zero-order valence-electron chi connectivity index (χ0n) is 26.1. The topological polar surface area (TPSA) is 139 Å². The SMILES string of the molecule is CC[C@@H](C(=O)NC(C)(C)C)N(Cc1ccc(Cl)c(Cl)c1)C(=O)CN(c1cc(Cl)ccc1OC)S(=O)(=O)c1ccc(C)c([N+](=O)[O-])c1. The van der Waals surface area contributed by atoms with Crippen molar-refractivity contribution in [2.45, 2.75) is 64.1 Å². The molecule has 1 atom stereocenters. The predicted molar refractivity (Wildman–Crippen MR) is 179 cm³/mol. The summed E-state index contributed by atoms with van der Waals surface area (Å²) in [6.45, 7) is 7.64. The van der Waals surface area contributed by atoms with Crippen LogP contribution in [-0.4, -0.2) is 55.3 Å². The first-order valence-corrected chi connectivity index (χ1v) is 16.6. The average molecular weight is 714 g/mol. The number of nitrogens with one attached hydrogen (secondary N) is 1. The van der Waals surface area contributed by atoms with Gasteiger partial charge in [0, 0.05) is 28.7 Å². The first kappa shape index (κ1) is 36.9. The zero-order chi connectivity index (χ0) is 34.6. The first-order chi connectivity index (χ1) is 21.4. The molecule has 15 heteroatoms. The molecule has 0 aliphatic heterocycles. The van der Waals surface area contributed by atoms with Crippen LogP contribution < -0.4 is 14.4 Å². The monoisotopic (exact) mass is 712 g/mol. The van der Waals surface area contributed by atoms with Gasteiger partial charge in [0.1, 0.15) is 18.3 Å². The molecule has 3 aromatic rings. The maximum atomic E-state index is 14.3. The molecule has 3 aromatic carbocycles. The molecule has 0 heterocycles. The number of nitro groups is 1. The van der Waals surface area contributed by atoms with Gasteiger partial charge in [-0.05, 0) is 76.1 Å². The maximum Gasteiger partial charge on any atom is 0.273 e. The summed E-state index contributed by atoms with van der Waals surface area (Å²) in [6, 6.07) is 11.4. The van der Waals surface area contributed by atoms with E-state index in [1.807, 2.05) is 0 Å². The molecule has 1 N–H and O–H groups in total. The molecule has 0 aromatic heterocycles. The van der Waals surface area contributed by atoms with Crippen molar-refractivity contribution >= 4 is 68.0 Å². The van der Waals surface area contributed by atoms with Gasteiger partial charge in [0.05, 0.1) is 32.7 Å². The van der Waals surface area contributed by atoms with Gasteiger partial charge in [0.2, 0.25) is 11.8 Å². The van der Waals surface area contributed by atoms with E-state index in [9.17, 15) is 28.1 Å². The van der Waals surface area contributed by atoms with Crippen LogP contribution in [0.2, 0.25) is 15.1 Å². The lowest BCUT2D eigenvalue weighted by atomic mass is 10.1. The number of amides is 2. The molecule has 0 aliphatic rings. The molecule has 0 unspecified atom stereocenters. The van der Waals surface area contributed by atoms with Crippen molar-refractivity contribution in [1.29, 1.82) is 0 Å². The highest BCUT2D eigenvalue weighted by Gasteiger charge is 2.36. The van der Waals surface area contributed by atoms with E-state index in [0.717, 1.165) is 10.4 Å². The first-order valence-electron chi connectivity index (χ1n) is 14.1. The van der Waals surface area contributed by atoms with Crippen LogP contribution in [0.1, 0.15) is 45.2 Å². The molecule has 3 rings (SSSR count). The van der Waals surface area contributed by atoms with E-state index < -0.39 is 55.5 Å². The molecule has 0 spiro atoms. The van der Waals surface area contributed by atoms with E-state index in [-0.39, 0.29) is 40.0 Å².